The van der Waals surface area contributed by atoms with Gasteiger partial charge in [0, 0.05) is 12.6 Å². The van der Waals surface area contributed by atoms with E-state index >= 15 is 0 Å². The number of rotatable bonds is 4. The number of nitrogens with one attached hydrogen (secondary N) is 1. The van der Waals surface area contributed by atoms with Crippen LogP contribution in [0.2, 0.25) is 0 Å². The molecule has 19 heavy (non-hydrogen) atoms. The Labute approximate surface area is 114 Å². The normalized spacial score (nSPS) is 23.0. The van der Waals surface area contributed by atoms with Gasteiger partial charge in [0.1, 0.15) is 5.75 Å². The van der Waals surface area contributed by atoms with Crippen LogP contribution in [-0.2, 0) is 11.2 Å². The molecule has 104 valence electrons. The van der Waals surface area contributed by atoms with Gasteiger partial charge in [0.2, 0.25) is 5.91 Å². The molecule has 1 saturated carbocycles. The summed E-state index contributed by atoms with van der Waals surface area (Å²) in [4.78, 5) is 11.8. The molecule has 0 aromatic heterocycles. The van der Waals surface area contributed by atoms with Crippen LogP contribution in [-0.4, -0.2) is 23.6 Å². The lowest BCUT2D eigenvalue weighted by molar-refractivity contribution is -0.120. The second kappa shape index (κ2) is 6.57. The zero-order chi connectivity index (χ0) is 13.7. The molecule has 1 aliphatic rings. The van der Waals surface area contributed by atoms with Crippen molar-refractivity contribution < 1.29 is 9.90 Å². The molecule has 4 heteroatoms. The molecule has 1 aromatic rings. The maximum Gasteiger partial charge on any atom is 0.224 e. The SMILES string of the molecule is NC1CCC(CNC(=O)Cc2cccc(O)c2)CC1. The van der Waals surface area contributed by atoms with Gasteiger partial charge in [-0.3, -0.25) is 4.79 Å². The minimum Gasteiger partial charge on any atom is -0.508 e. The lowest BCUT2D eigenvalue weighted by Crippen LogP contribution is -2.34. The maximum absolute atomic E-state index is 11.8. The molecule has 1 aliphatic carbocycles. The van der Waals surface area contributed by atoms with Crippen LogP contribution in [0.5, 0.6) is 5.75 Å². The molecule has 0 heterocycles. The van der Waals surface area contributed by atoms with Gasteiger partial charge >= 0.3 is 0 Å². The van der Waals surface area contributed by atoms with Crippen molar-refractivity contribution in [2.75, 3.05) is 6.54 Å². The summed E-state index contributed by atoms with van der Waals surface area (Å²) in [5.41, 5.74) is 6.69. The summed E-state index contributed by atoms with van der Waals surface area (Å²) >= 11 is 0. The Hall–Kier alpha value is -1.55. The second-order valence-corrected chi connectivity index (χ2v) is 5.43. The first-order valence-electron chi connectivity index (χ1n) is 6.93. The number of nitrogens with two attached hydrogens (primary N) is 1. The molecule has 0 radical (unpaired) electrons. The highest BCUT2D eigenvalue weighted by Crippen LogP contribution is 2.22. The van der Waals surface area contributed by atoms with Crippen molar-refractivity contribution in [2.24, 2.45) is 11.7 Å². The number of hydrogen-bond acceptors (Lipinski definition) is 3. The first kappa shape index (κ1) is 13.9. The molecule has 4 N–H and O–H groups in total. The van der Waals surface area contributed by atoms with E-state index in [1.54, 1.807) is 18.2 Å². The quantitative estimate of drug-likeness (QED) is 0.771. The predicted octanol–water partition coefficient (Wildman–Crippen LogP) is 1.57. The fourth-order valence-electron chi connectivity index (χ4n) is 2.56. The fourth-order valence-corrected chi connectivity index (χ4v) is 2.56. The Morgan fingerprint density at radius 2 is 2.05 bits per heavy atom. The van der Waals surface area contributed by atoms with Gasteiger partial charge in [-0.05, 0) is 49.3 Å². The summed E-state index contributed by atoms with van der Waals surface area (Å²) in [7, 11) is 0. The van der Waals surface area contributed by atoms with E-state index in [0.29, 0.717) is 18.4 Å². The Balaban J connectivity index is 1.73. The third kappa shape index (κ3) is 4.56. The van der Waals surface area contributed by atoms with Gasteiger partial charge in [-0.15, -0.1) is 0 Å². The monoisotopic (exact) mass is 262 g/mol. The molecule has 2 rings (SSSR count). The van der Waals surface area contributed by atoms with Crippen LogP contribution in [0.15, 0.2) is 24.3 Å². The number of phenols is 1. The third-order valence-electron chi connectivity index (χ3n) is 3.75. The molecule has 1 aromatic carbocycles. The molecule has 0 atom stereocenters. The summed E-state index contributed by atoms with van der Waals surface area (Å²) in [6.45, 7) is 0.740. The van der Waals surface area contributed by atoms with Gasteiger partial charge in [-0.25, -0.2) is 0 Å². The number of carbonyl (C=O) groups is 1. The van der Waals surface area contributed by atoms with Crippen molar-refractivity contribution in [2.45, 2.75) is 38.1 Å². The molecule has 0 saturated heterocycles. The van der Waals surface area contributed by atoms with Gasteiger partial charge in [0.25, 0.3) is 0 Å². The summed E-state index contributed by atoms with van der Waals surface area (Å²) in [6.07, 6.45) is 4.65. The van der Waals surface area contributed by atoms with Gasteiger partial charge in [0.05, 0.1) is 6.42 Å². The number of phenolic OH excluding ortho intramolecular Hbond substituents is 1. The lowest BCUT2D eigenvalue weighted by atomic mass is 9.86. The summed E-state index contributed by atoms with van der Waals surface area (Å²) < 4.78 is 0. The molecular formula is C15H22N2O2. The molecular weight excluding hydrogens is 240 g/mol. The molecule has 1 fully saturated rings. The number of carbonyl (C=O) groups excluding carboxylic acids is 1. The van der Waals surface area contributed by atoms with Crippen molar-refractivity contribution in [1.29, 1.82) is 0 Å². The minimum atomic E-state index is 0.0143. The average Bonchev–Trinajstić information content (AvgIpc) is 2.38. The summed E-state index contributed by atoms with van der Waals surface area (Å²) in [5, 5.41) is 12.3. The lowest BCUT2D eigenvalue weighted by Gasteiger charge is -2.26. The number of benzene rings is 1. The Morgan fingerprint density at radius 3 is 2.74 bits per heavy atom. The molecule has 0 bridgehead atoms. The van der Waals surface area contributed by atoms with Crippen molar-refractivity contribution in [3.8, 4) is 5.75 Å². The second-order valence-electron chi connectivity index (χ2n) is 5.43. The van der Waals surface area contributed by atoms with Crippen LogP contribution in [0.1, 0.15) is 31.2 Å². The molecule has 0 unspecified atom stereocenters. The van der Waals surface area contributed by atoms with E-state index in [1.165, 1.54) is 0 Å². The van der Waals surface area contributed by atoms with Crippen molar-refractivity contribution in [3.05, 3.63) is 29.8 Å². The van der Waals surface area contributed by atoms with Crippen molar-refractivity contribution in [1.82, 2.24) is 5.32 Å². The van der Waals surface area contributed by atoms with Crippen molar-refractivity contribution >= 4 is 5.91 Å². The number of hydrogen-bond donors (Lipinski definition) is 3. The zero-order valence-electron chi connectivity index (χ0n) is 11.1. The number of aromatic hydroxyl groups is 1. The van der Waals surface area contributed by atoms with Gasteiger partial charge in [0.15, 0.2) is 0 Å². The minimum absolute atomic E-state index is 0.0143. The highest BCUT2D eigenvalue weighted by atomic mass is 16.3. The fraction of sp³-hybridized carbons (Fsp3) is 0.533. The average molecular weight is 262 g/mol. The summed E-state index contributed by atoms with van der Waals surface area (Å²) in [6, 6.07) is 7.17. The predicted molar refractivity (Wildman–Crippen MR) is 74.8 cm³/mol. The van der Waals surface area contributed by atoms with Gasteiger partial charge in [-0.1, -0.05) is 12.1 Å². The first-order valence-corrected chi connectivity index (χ1v) is 6.93. The maximum atomic E-state index is 11.8. The molecule has 4 nitrogen and oxygen atoms in total. The topological polar surface area (TPSA) is 75.3 Å². The highest BCUT2D eigenvalue weighted by molar-refractivity contribution is 5.78. The van der Waals surface area contributed by atoms with Crippen LogP contribution in [0.4, 0.5) is 0 Å². The molecule has 0 aliphatic heterocycles. The smallest absolute Gasteiger partial charge is 0.224 e. The zero-order valence-corrected chi connectivity index (χ0v) is 11.1. The van der Waals surface area contributed by atoms with Crippen LogP contribution in [0.25, 0.3) is 0 Å². The van der Waals surface area contributed by atoms with Crippen LogP contribution < -0.4 is 11.1 Å². The van der Waals surface area contributed by atoms with Crippen LogP contribution in [0, 0.1) is 5.92 Å². The van der Waals surface area contributed by atoms with E-state index in [4.69, 9.17) is 5.73 Å². The van der Waals surface area contributed by atoms with E-state index in [0.717, 1.165) is 37.8 Å². The van der Waals surface area contributed by atoms with E-state index in [9.17, 15) is 9.90 Å². The van der Waals surface area contributed by atoms with E-state index in [-0.39, 0.29) is 11.7 Å². The highest BCUT2D eigenvalue weighted by Gasteiger charge is 2.18. The Bertz CT molecular complexity index is 426. The molecule has 1 amide bonds. The van der Waals surface area contributed by atoms with E-state index in [1.807, 2.05) is 6.07 Å². The standard InChI is InChI=1S/C15H22N2O2/c16-13-6-4-11(5-7-13)10-17-15(19)9-12-2-1-3-14(18)8-12/h1-3,8,11,13,18H,4-7,9-10,16H2,(H,17,19). The first-order chi connectivity index (χ1) is 9.13. The molecule has 0 spiro atoms. The third-order valence-corrected chi connectivity index (χ3v) is 3.75. The van der Waals surface area contributed by atoms with Gasteiger partial charge < -0.3 is 16.2 Å². The number of amides is 1. The van der Waals surface area contributed by atoms with E-state index < -0.39 is 0 Å². The van der Waals surface area contributed by atoms with Crippen LogP contribution >= 0.6 is 0 Å². The Morgan fingerprint density at radius 1 is 1.32 bits per heavy atom. The largest absolute Gasteiger partial charge is 0.508 e. The van der Waals surface area contributed by atoms with Gasteiger partial charge in [-0.2, -0.15) is 0 Å². The van der Waals surface area contributed by atoms with Crippen LogP contribution in [0.3, 0.4) is 0 Å². The van der Waals surface area contributed by atoms with E-state index in [2.05, 4.69) is 5.32 Å². The summed E-state index contributed by atoms with van der Waals surface area (Å²) in [5.74, 6) is 0.778. The van der Waals surface area contributed by atoms with Crippen molar-refractivity contribution in [3.63, 3.8) is 0 Å². The Kier molecular flexibility index (Phi) is 4.80.